The number of ether oxygens (including phenoxy) is 1. The maximum atomic E-state index is 11.6. The van der Waals surface area contributed by atoms with Gasteiger partial charge >= 0.3 is 6.18 Å². The standard InChI is InChI=1S/C9H14F3NO/c1-2-5-13-6-8-14-7-3-4-9(10,11)12/h1,13H,3-8H2. The lowest BCUT2D eigenvalue weighted by molar-refractivity contribution is -0.137. The molecule has 0 aromatic rings. The Morgan fingerprint density at radius 3 is 2.57 bits per heavy atom. The first kappa shape index (κ1) is 13.3. The molecule has 82 valence electrons. The van der Waals surface area contributed by atoms with E-state index in [1.165, 1.54) is 0 Å². The molecule has 0 rings (SSSR count). The van der Waals surface area contributed by atoms with Crippen molar-refractivity contribution in [2.75, 3.05) is 26.3 Å². The molecular formula is C9H14F3NO. The van der Waals surface area contributed by atoms with E-state index in [-0.39, 0.29) is 13.0 Å². The molecule has 0 saturated carbocycles. The summed E-state index contributed by atoms with van der Waals surface area (Å²) in [6.45, 7) is 1.54. The lowest BCUT2D eigenvalue weighted by atomic mass is 10.3. The lowest BCUT2D eigenvalue weighted by Gasteiger charge is -2.06. The first-order chi connectivity index (χ1) is 6.56. The van der Waals surface area contributed by atoms with E-state index in [0.717, 1.165) is 0 Å². The van der Waals surface area contributed by atoms with Gasteiger partial charge in [-0.3, -0.25) is 0 Å². The highest BCUT2D eigenvalue weighted by molar-refractivity contribution is 4.86. The second-order valence-electron chi connectivity index (χ2n) is 2.71. The van der Waals surface area contributed by atoms with E-state index >= 15 is 0 Å². The monoisotopic (exact) mass is 209 g/mol. The number of hydrogen-bond acceptors (Lipinski definition) is 2. The van der Waals surface area contributed by atoms with Gasteiger partial charge < -0.3 is 10.1 Å². The van der Waals surface area contributed by atoms with Crippen molar-refractivity contribution < 1.29 is 17.9 Å². The molecule has 0 saturated heterocycles. The van der Waals surface area contributed by atoms with Crippen molar-refractivity contribution in [2.24, 2.45) is 0 Å². The molecule has 0 aliphatic rings. The Labute approximate surface area is 81.8 Å². The van der Waals surface area contributed by atoms with E-state index in [1.807, 2.05) is 0 Å². The molecule has 0 aromatic carbocycles. The van der Waals surface area contributed by atoms with Crippen molar-refractivity contribution in [2.45, 2.75) is 19.0 Å². The average Bonchev–Trinajstić information content (AvgIpc) is 2.08. The Bertz CT molecular complexity index is 174. The van der Waals surface area contributed by atoms with E-state index in [0.29, 0.717) is 19.7 Å². The third-order valence-corrected chi connectivity index (χ3v) is 1.40. The molecular weight excluding hydrogens is 195 g/mol. The Balaban J connectivity index is 3.04. The highest BCUT2D eigenvalue weighted by Gasteiger charge is 2.25. The second kappa shape index (κ2) is 7.65. The predicted octanol–water partition coefficient (Wildman–Crippen LogP) is 1.57. The average molecular weight is 209 g/mol. The summed E-state index contributed by atoms with van der Waals surface area (Å²) in [6.07, 6.45) is 0.108. The summed E-state index contributed by atoms with van der Waals surface area (Å²) in [5.74, 6) is 2.37. The van der Waals surface area contributed by atoms with E-state index in [2.05, 4.69) is 11.2 Å². The van der Waals surface area contributed by atoms with E-state index in [1.54, 1.807) is 0 Å². The third kappa shape index (κ3) is 11.3. The van der Waals surface area contributed by atoms with Gasteiger partial charge in [-0.2, -0.15) is 13.2 Å². The van der Waals surface area contributed by atoms with Gasteiger partial charge in [-0.1, -0.05) is 5.92 Å². The summed E-state index contributed by atoms with van der Waals surface area (Å²) in [7, 11) is 0. The van der Waals surface area contributed by atoms with E-state index in [9.17, 15) is 13.2 Å². The number of terminal acetylenes is 1. The van der Waals surface area contributed by atoms with Crippen LogP contribution in [0.1, 0.15) is 12.8 Å². The largest absolute Gasteiger partial charge is 0.389 e. The summed E-state index contributed by atoms with van der Waals surface area (Å²) in [6, 6.07) is 0. The van der Waals surface area contributed by atoms with Crippen molar-refractivity contribution in [1.82, 2.24) is 5.32 Å². The zero-order chi connectivity index (χ0) is 10.9. The van der Waals surface area contributed by atoms with E-state index < -0.39 is 12.6 Å². The Kier molecular flexibility index (Phi) is 7.25. The lowest BCUT2D eigenvalue weighted by Crippen LogP contribution is -2.20. The first-order valence-corrected chi connectivity index (χ1v) is 4.35. The topological polar surface area (TPSA) is 21.3 Å². The smallest absolute Gasteiger partial charge is 0.380 e. The Morgan fingerprint density at radius 1 is 1.29 bits per heavy atom. The van der Waals surface area contributed by atoms with Crippen molar-refractivity contribution >= 4 is 0 Å². The Hall–Kier alpha value is -0.730. The van der Waals surface area contributed by atoms with Crippen LogP contribution in [0.5, 0.6) is 0 Å². The number of hydrogen-bond donors (Lipinski definition) is 1. The summed E-state index contributed by atoms with van der Waals surface area (Å²) in [5.41, 5.74) is 0. The molecule has 0 spiro atoms. The van der Waals surface area contributed by atoms with Crippen LogP contribution in [0.25, 0.3) is 0 Å². The highest BCUT2D eigenvalue weighted by atomic mass is 19.4. The first-order valence-electron chi connectivity index (χ1n) is 4.35. The quantitative estimate of drug-likeness (QED) is 0.507. The van der Waals surface area contributed by atoms with Gasteiger partial charge in [-0.05, 0) is 6.42 Å². The van der Waals surface area contributed by atoms with Crippen LogP contribution < -0.4 is 5.32 Å². The van der Waals surface area contributed by atoms with Crippen LogP contribution >= 0.6 is 0 Å². The molecule has 0 aromatic heterocycles. The molecule has 0 amide bonds. The minimum Gasteiger partial charge on any atom is -0.380 e. The molecule has 5 heteroatoms. The second-order valence-corrected chi connectivity index (χ2v) is 2.71. The zero-order valence-corrected chi connectivity index (χ0v) is 7.86. The van der Waals surface area contributed by atoms with Crippen LogP contribution in [0.3, 0.4) is 0 Å². The van der Waals surface area contributed by atoms with Crippen molar-refractivity contribution in [3.63, 3.8) is 0 Å². The van der Waals surface area contributed by atoms with Gasteiger partial charge in [0, 0.05) is 19.6 Å². The predicted molar refractivity (Wildman–Crippen MR) is 47.8 cm³/mol. The molecule has 14 heavy (non-hydrogen) atoms. The normalized spacial score (nSPS) is 11.3. The highest BCUT2D eigenvalue weighted by Crippen LogP contribution is 2.20. The van der Waals surface area contributed by atoms with Crippen LogP contribution in [0.15, 0.2) is 0 Å². The minimum atomic E-state index is -4.08. The molecule has 0 heterocycles. The van der Waals surface area contributed by atoms with Gasteiger partial charge in [-0.15, -0.1) is 6.42 Å². The molecule has 2 nitrogen and oxygen atoms in total. The molecule has 0 unspecified atom stereocenters. The SMILES string of the molecule is C#CCNCCOCCCC(F)(F)F. The van der Waals surface area contributed by atoms with E-state index in [4.69, 9.17) is 11.2 Å². The van der Waals surface area contributed by atoms with Gasteiger partial charge in [-0.25, -0.2) is 0 Å². The molecule has 0 bridgehead atoms. The zero-order valence-electron chi connectivity index (χ0n) is 7.86. The van der Waals surface area contributed by atoms with Crippen LogP contribution in [0, 0.1) is 12.3 Å². The molecule has 0 aliphatic carbocycles. The van der Waals surface area contributed by atoms with Gasteiger partial charge in [0.2, 0.25) is 0 Å². The van der Waals surface area contributed by atoms with Gasteiger partial charge in [0.05, 0.1) is 13.2 Å². The fourth-order valence-corrected chi connectivity index (χ4v) is 0.782. The van der Waals surface area contributed by atoms with Gasteiger partial charge in [0.25, 0.3) is 0 Å². The van der Waals surface area contributed by atoms with Gasteiger partial charge in [0.15, 0.2) is 0 Å². The number of nitrogens with one attached hydrogen (secondary N) is 1. The number of alkyl halides is 3. The van der Waals surface area contributed by atoms with Crippen molar-refractivity contribution in [3.05, 3.63) is 0 Å². The van der Waals surface area contributed by atoms with Crippen molar-refractivity contribution in [1.29, 1.82) is 0 Å². The molecule has 1 N–H and O–H groups in total. The number of halogens is 3. The van der Waals surface area contributed by atoms with Gasteiger partial charge in [0.1, 0.15) is 0 Å². The summed E-state index contributed by atoms with van der Waals surface area (Å²) in [4.78, 5) is 0. The van der Waals surface area contributed by atoms with Crippen molar-refractivity contribution in [3.8, 4) is 12.3 Å². The minimum absolute atomic E-state index is 0.0125. The fraction of sp³-hybridized carbons (Fsp3) is 0.778. The molecule has 0 atom stereocenters. The molecule has 0 aliphatic heterocycles. The van der Waals surface area contributed by atoms with Crippen LogP contribution in [-0.4, -0.2) is 32.5 Å². The maximum absolute atomic E-state index is 11.6. The van der Waals surface area contributed by atoms with Crippen LogP contribution in [0.4, 0.5) is 13.2 Å². The molecule has 0 fully saturated rings. The fourth-order valence-electron chi connectivity index (χ4n) is 0.782. The van der Waals surface area contributed by atoms with Crippen LogP contribution in [0.2, 0.25) is 0 Å². The van der Waals surface area contributed by atoms with Crippen LogP contribution in [-0.2, 0) is 4.74 Å². The summed E-state index contributed by atoms with van der Waals surface area (Å²) >= 11 is 0. The third-order valence-electron chi connectivity index (χ3n) is 1.40. The summed E-state index contributed by atoms with van der Waals surface area (Å²) < 4.78 is 39.9. The Morgan fingerprint density at radius 2 is 2.00 bits per heavy atom. The number of rotatable bonds is 7. The maximum Gasteiger partial charge on any atom is 0.389 e. The molecule has 0 radical (unpaired) electrons. The summed E-state index contributed by atoms with van der Waals surface area (Å²) in [5, 5.41) is 2.86.